The first kappa shape index (κ1) is 14.3. The Morgan fingerprint density at radius 2 is 1.95 bits per heavy atom. The zero-order valence-corrected chi connectivity index (χ0v) is 14.2. The molecule has 0 aromatic heterocycles. The summed E-state index contributed by atoms with van der Waals surface area (Å²) in [5.41, 5.74) is 1.50. The van der Waals surface area contributed by atoms with Crippen LogP contribution in [0.4, 0.5) is 0 Å². The van der Waals surface area contributed by atoms with E-state index in [0.29, 0.717) is 0 Å². The van der Waals surface area contributed by atoms with Crippen LogP contribution >= 0.6 is 39.5 Å². The van der Waals surface area contributed by atoms with E-state index in [9.17, 15) is 0 Å². The van der Waals surface area contributed by atoms with Crippen LogP contribution in [0.25, 0.3) is 0 Å². The summed E-state index contributed by atoms with van der Waals surface area (Å²) in [6.07, 6.45) is 2.62. The molecule has 2 fully saturated rings. The minimum atomic E-state index is 0.751. The van der Waals surface area contributed by atoms with E-state index in [1.54, 1.807) is 0 Å². The van der Waals surface area contributed by atoms with Gasteiger partial charge in [0.15, 0.2) is 0 Å². The molecule has 1 heterocycles. The average Bonchev–Trinajstić information content (AvgIpc) is 2.40. The molecule has 104 valence electrons. The minimum absolute atomic E-state index is 0.751. The molecule has 0 bridgehead atoms. The maximum Gasteiger partial charge on any atom is 0.0263 e. The van der Waals surface area contributed by atoms with E-state index in [1.165, 1.54) is 46.7 Å². The Hall–Kier alpha value is 0.360. The molecule has 1 N–H and O–H groups in total. The van der Waals surface area contributed by atoms with Crippen LogP contribution in [-0.4, -0.2) is 35.1 Å². The van der Waals surface area contributed by atoms with Gasteiger partial charge in [0.2, 0.25) is 0 Å². The lowest BCUT2D eigenvalue weighted by atomic mass is 9.76. The lowest BCUT2D eigenvalue weighted by Gasteiger charge is -2.37. The molecule has 1 aromatic carbocycles. The Bertz CT molecular complexity index is 397. The zero-order valence-electron chi connectivity index (χ0n) is 11.0. The van der Waals surface area contributed by atoms with Crippen molar-refractivity contribution >= 4 is 39.5 Å². The summed E-state index contributed by atoms with van der Waals surface area (Å²) in [5.74, 6) is 4.79. The Labute approximate surface area is 132 Å². The molecule has 0 radical (unpaired) electrons. The van der Waals surface area contributed by atoms with Crippen molar-refractivity contribution in [1.82, 2.24) is 5.32 Å². The normalized spacial score (nSPS) is 30.9. The van der Waals surface area contributed by atoms with E-state index in [-0.39, 0.29) is 0 Å². The highest BCUT2D eigenvalue weighted by molar-refractivity contribution is 9.10. The van der Waals surface area contributed by atoms with Crippen molar-refractivity contribution in [3.05, 3.63) is 34.3 Å². The lowest BCUT2D eigenvalue weighted by Crippen LogP contribution is -2.43. The molecule has 19 heavy (non-hydrogen) atoms. The van der Waals surface area contributed by atoms with Crippen LogP contribution < -0.4 is 5.32 Å². The number of hydrogen-bond donors (Lipinski definition) is 1. The SMILES string of the molecule is Brc1ccc(C2CC(NCC3CSCCS3)C2)cc1. The van der Waals surface area contributed by atoms with E-state index < -0.39 is 0 Å². The second kappa shape index (κ2) is 6.88. The smallest absolute Gasteiger partial charge is 0.0263 e. The summed E-state index contributed by atoms with van der Waals surface area (Å²) in [6, 6.07) is 9.59. The van der Waals surface area contributed by atoms with Crippen molar-refractivity contribution in [3.63, 3.8) is 0 Å². The van der Waals surface area contributed by atoms with Gasteiger partial charge in [0.05, 0.1) is 0 Å². The summed E-state index contributed by atoms with van der Waals surface area (Å²) >= 11 is 7.76. The Kier molecular flexibility index (Phi) is 5.18. The van der Waals surface area contributed by atoms with E-state index in [0.717, 1.165) is 17.2 Å². The molecule has 2 aliphatic rings. The third-order valence-corrected chi connectivity index (χ3v) is 7.37. The second-order valence-electron chi connectivity index (χ2n) is 5.39. The Morgan fingerprint density at radius 1 is 1.16 bits per heavy atom. The molecule has 1 saturated heterocycles. The van der Waals surface area contributed by atoms with Crippen LogP contribution in [0, 0.1) is 0 Å². The first-order valence-corrected chi connectivity index (χ1v) is 9.99. The van der Waals surface area contributed by atoms with Crippen molar-refractivity contribution in [2.75, 3.05) is 23.8 Å². The quantitative estimate of drug-likeness (QED) is 0.869. The van der Waals surface area contributed by atoms with Gasteiger partial charge in [-0.2, -0.15) is 23.5 Å². The van der Waals surface area contributed by atoms with Crippen molar-refractivity contribution in [1.29, 1.82) is 0 Å². The average molecular weight is 358 g/mol. The first-order valence-electron chi connectivity index (χ1n) is 6.99. The van der Waals surface area contributed by atoms with E-state index in [2.05, 4.69) is 69.0 Å². The topological polar surface area (TPSA) is 12.0 Å². The number of halogens is 1. The number of hydrogen-bond acceptors (Lipinski definition) is 3. The van der Waals surface area contributed by atoms with Gasteiger partial charge in [-0.05, 0) is 36.5 Å². The fraction of sp³-hybridized carbons (Fsp3) is 0.600. The van der Waals surface area contributed by atoms with Crippen molar-refractivity contribution < 1.29 is 0 Å². The van der Waals surface area contributed by atoms with Gasteiger partial charge >= 0.3 is 0 Å². The van der Waals surface area contributed by atoms with Gasteiger partial charge in [0, 0.05) is 39.6 Å². The summed E-state index contributed by atoms with van der Waals surface area (Å²) < 4.78 is 1.18. The number of thioether (sulfide) groups is 2. The maximum absolute atomic E-state index is 3.76. The highest BCUT2D eigenvalue weighted by atomic mass is 79.9. The van der Waals surface area contributed by atoms with Crippen molar-refractivity contribution in [2.45, 2.75) is 30.1 Å². The van der Waals surface area contributed by atoms with Gasteiger partial charge < -0.3 is 5.32 Å². The third kappa shape index (κ3) is 3.93. The molecule has 1 aromatic rings. The third-order valence-electron chi connectivity index (χ3n) is 4.00. The Morgan fingerprint density at radius 3 is 2.63 bits per heavy atom. The summed E-state index contributed by atoms with van der Waals surface area (Å²) in [6.45, 7) is 1.20. The number of rotatable bonds is 4. The van der Waals surface area contributed by atoms with Crippen LogP contribution in [0.1, 0.15) is 24.3 Å². The molecule has 1 atom stereocenters. The van der Waals surface area contributed by atoms with Crippen LogP contribution in [0.5, 0.6) is 0 Å². The van der Waals surface area contributed by atoms with Crippen LogP contribution in [0.3, 0.4) is 0 Å². The van der Waals surface area contributed by atoms with Gasteiger partial charge in [0.25, 0.3) is 0 Å². The van der Waals surface area contributed by atoms with Gasteiger partial charge in [-0.3, -0.25) is 0 Å². The predicted octanol–water partition coefficient (Wildman–Crippen LogP) is 4.13. The molecule has 0 spiro atoms. The zero-order chi connectivity index (χ0) is 13.1. The molecule has 0 amide bonds. The molecular weight excluding hydrogens is 338 g/mol. The molecular formula is C15H20BrNS2. The van der Waals surface area contributed by atoms with E-state index >= 15 is 0 Å². The molecule has 1 nitrogen and oxygen atoms in total. The molecule has 1 saturated carbocycles. The first-order chi connectivity index (χ1) is 9.31. The van der Waals surface area contributed by atoms with Crippen molar-refractivity contribution in [3.8, 4) is 0 Å². The Balaban J connectivity index is 1.39. The minimum Gasteiger partial charge on any atom is -0.313 e. The van der Waals surface area contributed by atoms with Crippen molar-refractivity contribution in [2.24, 2.45) is 0 Å². The molecule has 4 heteroatoms. The molecule has 1 aliphatic carbocycles. The number of benzene rings is 1. The predicted molar refractivity (Wildman–Crippen MR) is 91.5 cm³/mol. The second-order valence-corrected chi connectivity index (χ2v) is 8.87. The van der Waals surface area contributed by atoms with Gasteiger partial charge in [-0.15, -0.1) is 0 Å². The standard InChI is InChI=1S/C15H20BrNS2/c16-13-3-1-11(2-4-13)12-7-14(8-12)17-9-15-10-18-5-6-19-15/h1-4,12,14-15,17H,5-10H2. The van der Waals surface area contributed by atoms with Crippen LogP contribution in [0.15, 0.2) is 28.7 Å². The highest BCUT2D eigenvalue weighted by Gasteiger charge is 2.30. The van der Waals surface area contributed by atoms with E-state index in [4.69, 9.17) is 0 Å². The monoisotopic (exact) mass is 357 g/mol. The fourth-order valence-electron chi connectivity index (χ4n) is 2.74. The largest absolute Gasteiger partial charge is 0.313 e. The van der Waals surface area contributed by atoms with Gasteiger partial charge in [-0.25, -0.2) is 0 Å². The summed E-state index contributed by atoms with van der Waals surface area (Å²) in [7, 11) is 0. The highest BCUT2D eigenvalue weighted by Crippen LogP contribution is 2.37. The van der Waals surface area contributed by atoms with Gasteiger partial charge in [0.1, 0.15) is 0 Å². The molecule has 1 aliphatic heterocycles. The van der Waals surface area contributed by atoms with Gasteiger partial charge in [-0.1, -0.05) is 28.1 Å². The summed E-state index contributed by atoms with van der Waals surface area (Å²) in [4.78, 5) is 0. The fourth-order valence-corrected chi connectivity index (χ4v) is 5.63. The maximum atomic E-state index is 3.76. The van der Waals surface area contributed by atoms with Crippen LogP contribution in [0.2, 0.25) is 0 Å². The molecule has 3 rings (SSSR count). The summed E-state index contributed by atoms with van der Waals surface area (Å²) in [5, 5.41) is 4.59. The van der Waals surface area contributed by atoms with Crippen LogP contribution in [-0.2, 0) is 0 Å². The number of nitrogens with one attached hydrogen (secondary N) is 1. The lowest BCUT2D eigenvalue weighted by molar-refractivity contribution is 0.293. The molecule has 1 unspecified atom stereocenters. The van der Waals surface area contributed by atoms with E-state index in [1.807, 2.05) is 0 Å².